The first kappa shape index (κ1) is 15.5. The molecule has 1 aromatic heterocycles. The van der Waals surface area contributed by atoms with Crippen molar-refractivity contribution < 1.29 is 8.42 Å². The second-order valence-electron chi connectivity index (χ2n) is 4.58. The van der Waals surface area contributed by atoms with E-state index in [4.69, 9.17) is 22.7 Å². The van der Waals surface area contributed by atoms with Gasteiger partial charge in [0.25, 0.3) is 0 Å². The zero-order valence-electron chi connectivity index (χ0n) is 11.4. The number of nitrogens with one attached hydrogen (secondary N) is 1. The van der Waals surface area contributed by atoms with Crippen molar-refractivity contribution in [3.63, 3.8) is 0 Å². The third kappa shape index (κ3) is 3.62. The summed E-state index contributed by atoms with van der Waals surface area (Å²) in [6, 6.07) is 5.94. The quantitative estimate of drug-likeness (QED) is 0.643. The molecule has 0 radical (unpaired) electrons. The molecule has 0 atom stereocenters. The highest BCUT2D eigenvalue weighted by atomic mass is 35.5. The molecular formula is C13H15ClN4O2S. The molecule has 0 spiro atoms. The van der Waals surface area contributed by atoms with Gasteiger partial charge in [-0.25, -0.2) is 8.42 Å². The Balaban J connectivity index is 2.12. The van der Waals surface area contributed by atoms with Crippen LogP contribution in [0.3, 0.4) is 0 Å². The molecule has 21 heavy (non-hydrogen) atoms. The van der Waals surface area contributed by atoms with Crippen molar-refractivity contribution in [2.45, 2.75) is 18.4 Å². The Morgan fingerprint density at radius 1 is 1.38 bits per heavy atom. The largest absolute Gasteiger partial charge is 0.384 e. The Labute approximate surface area is 128 Å². The molecule has 0 saturated carbocycles. The van der Waals surface area contributed by atoms with E-state index in [9.17, 15) is 8.42 Å². The standard InChI is InChI=1S/C13H15ClN4O2S/c1-9-12(14)8-18(17-9)6-7-21(19,20)11-4-2-10(3-5-11)13(15)16/h2-5,8H,6-7H2,1H3,(H3,15,16). The van der Waals surface area contributed by atoms with Crippen molar-refractivity contribution in [1.82, 2.24) is 9.78 Å². The van der Waals surface area contributed by atoms with Crippen LogP contribution < -0.4 is 5.73 Å². The fourth-order valence-electron chi connectivity index (χ4n) is 1.78. The number of benzene rings is 1. The summed E-state index contributed by atoms with van der Waals surface area (Å²) in [5, 5.41) is 11.9. The number of aryl methyl sites for hydroxylation is 2. The Hall–Kier alpha value is -1.86. The number of halogens is 1. The summed E-state index contributed by atoms with van der Waals surface area (Å²) in [5.74, 6) is -0.176. The lowest BCUT2D eigenvalue weighted by atomic mass is 10.2. The topological polar surface area (TPSA) is 102 Å². The zero-order valence-corrected chi connectivity index (χ0v) is 12.9. The van der Waals surface area contributed by atoms with Gasteiger partial charge in [-0.3, -0.25) is 10.1 Å². The van der Waals surface area contributed by atoms with Crippen LogP contribution in [0.5, 0.6) is 0 Å². The average Bonchev–Trinajstić information content (AvgIpc) is 2.76. The molecule has 0 amide bonds. The maximum atomic E-state index is 12.2. The van der Waals surface area contributed by atoms with Crippen molar-refractivity contribution in [2.75, 3.05) is 5.75 Å². The maximum Gasteiger partial charge on any atom is 0.180 e. The van der Waals surface area contributed by atoms with Gasteiger partial charge < -0.3 is 5.73 Å². The van der Waals surface area contributed by atoms with Crippen molar-refractivity contribution in [2.24, 2.45) is 5.73 Å². The van der Waals surface area contributed by atoms with Gasteiger partial charge in [-0.05, 0) is 19.1 Å². The number of nitrogen functional groups attached to an aromatic ring is 1. The average molecular weight is 327 g/mol. The molecule has 112 valence electrons. The van der Waals surface area contributed by atoms with E-state index in [1.807, 2.05) is 0 Å². The first-order valence-corrected chi connectivity index (χ1v) is 8.19. The second-order valence-corrected chi connectivity index (χ2v) is 7.10. The first-order chi connectivity index (χ1) is 9.79. The lowest BCUT2D eigenvalue weighted by Gasteiger charge is -2.06. The summed E-state index contributed by atoms with van der Waals surface area (Å²) < 4.78 is 26.0. The van der Waals surface area contributed by atoms with Gasteiger partial charge in [-0.15, -0.1) is 0 Å². The number of hydrogen-bond acceptors (Lipinski definition) is 4. The summed E-state index contributed by atoms with van der Waals surface area (Å²) in [6.45, 7) is 1.98. The number of aromatic nitrogens is 2. The molecule has 2 rings (SSSR count). The predicted molar refractivity (Wildman–Crippen MR) is 81.5 cm³/mol. The molecule has 0 aliphatic rings. The smallest absolute Gasteiger partial charge is 0.180 e. The van der Waals surface area contributed by atoms with Gasteiger partial charge in [-0.2, -0.15) is 5.10 Å². The monoisotopic (exact) mass is 326 g/mol. The van der Waals surface area contributed by atoms with E-state index in [1.54, 1.807) is 13.1 Å². The number of rotatable bonds is 5. The normalized spacial score (nSPS) is 11.5. The number of sulfone groups is 1. The first-order valence-electron chi connectivity index (χ1n) is 6.16. The van der Waals surface area contributed by atoms with Crippen LogP contribution in [0.2, 0.25) is 5.02 Å². The van der Waals surface area contributed by atoms with Gasteiger partial charge in [0, 0.05) is 11.8 Å². The minimum Gasteiger partial charge on any atom is -0.384 e. The third-order valence-electron chi connectivity index (χ3n) is 3.00. The highest BCUT2D eigenvalue weighted by Crippen LogP contribution is 2.15. The van der Waals surface area contributed by atoms with E-state index in [0.29, 0.717) is 16.3 Å². The van der Waals surface area contributed by atoms with E-state index in [1.165, 1.54) is 28.9 Å². The summed E-state index contributed by atoms with van der Waals surface area (Å²) in [7, 11) is -3.42. The van der Waals surface area contributed by atoms with Gasteiger partial charge in [0.2, 0.25) is 0 Å². The molecule has 1 aromatic carbocycles. The predicted octanol–water partition coefficient (Wildman–Crippen LogP) is 1.60. The fourth-order valence-corrected chi connectivity index (χ4v) is 3.15. The van der Waals surface area contributed by atoms with Crippen LogP contribution in [-0.4, -0.2) is 29.8 Å². The molecule has 0 aliphatic heterocycles. The Bertz CT molecular complexity index is 746. The van der Waals surface area contributed by atoms with Gasteiger partial charge in [-0.1, -0.05) is 23.7 Å². The summed E-state index contributed by atoms with van der Waals surface area (Å²) in [5.41, 5.74) is 6.49. The van der Waals surface area contributed by atoms with Gasteiger partial charge in [0.05, 0.1) is 27.9 Å². The third-order valence-corrected chi connectivity index (χ3v) is 5.08. The van der Waals surface area contributed by atoms with Crippen molar-refractivity contribution in [3.05, 3.63) is 46.7 Å². The van der Waals surface area contributed by atoms with Gasteiger partial charge in [0.15, 0.2) is 9.84 Å². The van der Waals surface area contributed by atoms with Gasteiger partial charge in [0.1, 0.15) is 5.84 Å². The van der Waals surface area contributed by atoms with Crippen molar-refractivity contribution in [1.29, 1.82) is 5.41 Å². The lowest BCUT2D eigenvalue weighted by Crippen LogP contribution is -2.15. The summed E-state index contributed by atoms with van der Waals surface area (Å²) in [4.78, 5) is 0.197. The maximum absolute atomic E-state index is 12.2. The molecule has 0 unspecified atom stereocenters. The second kappa shape index (κ2) is 5.87. The number of hydrogen-bond donors (Lipinski definition) is 2. The molecule has 8 heteroatoms. The van der Waals surface area contributed by atoms with Crippen LogP contribution in [-0.2, 0) is 16.4 Å². The van der Waals surface area contributed by atoms with Crippen LogP contribution in [0.25, 0.3) is 0 Å². The summed E-state index contributed by atoms with van der Waals surface area (Å²) in [6.07, 6.45) is 1.60. The fraction of sp³-hybridized carbons (Fsp3) is 0.231. The van der Waals surface area contributed by atoms with E-state index in [2.05, 4.69) is 5.10 Å². The van der Waals surface area contributed by atoms with Crippen LogP contribution >= 0.6 is 11.6 Å². The zero-order chi connectivity index (χ0) is 15.6. The minimum absolute atomic E-state index is 0.0795. The Morgan fingerprint density at radius 3 is 2.48 bits per heavy atom. The van der Waals surface area contributed by atoms with E-state index >= 15 is 0 Å². The lowest BCUT2D eigenvalue weighted by molar-refractivity contribution is 0.580. The number of amidine groups is 1. The van der Waals surface area contributed by atoms with E-state index in [0.717, 1.165) is 0 Å². The minimum atomic E-state index is -3.42. The number of nitrogens with two attached hydrogens (primary N) is 1. The van der Waals surface area contributed by atoms with Crippen molar-refractivity contribution >= 4 is 27.3 Å². The van der Waals surface area contributed by atoms with Crippen LogP contribution in [0.15, 0.2) is 35.4 Å². The molecule has 6 nitrogen and oxygen atoms in total. The van der Waals surface area contributed by atoms with E-state index < -0.39 is 9.84 Å². The SMILES string of the molecule is Cc1nn(CCS(=O)(=O)c2ccc(C(=N)N)cc2)cc1Cl. The highest BCUT2D eigenvalue weighted by molar-refractivity contribution is 7.91. The van der Waals surface area contributed by atoms with Gasteiger partial charge >= 0.3 is 0 Å². The molecule has 0 aliphatic carbocycles. The van der Waals surface area contributed by atoms with Crippen LogP contribution in [0.4, 0.5) is 0 Å². The number of nitrogens with zero attached hydrogens (tertiary/aromatic N) is 2. The molecule has 3 N–H and O–H groups in total. The molecule has 1 heterocycles. The van der Waals surface area contributed by atoms with Crippen LogP contribution in [0.1, 0.15) is 11.3 Å². The molecule has 0 bridgehead atoms. The molecule has 2 aromatic rings. The molecule has 0 saturated heterocycles. The van der Waals surface area contributed by atoms with Crippen molar-refractivity contribution in [3.8, 4) is 0 Å². The Kier molecular flexibility index (Phi) is 4.34. The Morgan fingerprint density at radius 2 is 2.00 bits per heavy atom. The van der Waals surface area contributed by atoms with E-state index in [-0.39, 0.29) is 23.0 Å². The highest BCUT2D eigenvalue weighted by Gasteiger charge is 2.15. The van der Waals surface area contributed by atoms with Crippen LogP contribution in [0, 0.1) is 12.3 Å². The molecular weight excluding hydrogens is 312 g/mol. The summed E-state index contributed by atoms with van der Waals surface area (Å²) >= 11 is 5.88. The molecule has 0 fully saturated rings.